The van der Waals surface area contributed by atoms with Crippen LogP contribution < -0.4 is 16.0 Å². The maximum absolute atomic E-state index is 12.8. The molecule has 1 aromatic heterocycles. The lowest BCUT2D eigenvalue weighted by molar-refractivity contribution is -0.164. The Bertz CT molecular complexity index is 937. The Labute approximate surface area is 178 Å². The van der Waals surface area contributed by atoms with Crippen molar-refractivity contribution < 1.29 is 28.7 Å². The van der Waals surface area contributed by atoms with Crippen molar-refractivity contribution in [3.8, 4) is 0 Å². The summed E-state index contributed by atoms with van der Waals surface area (Å²) >= 11 is 0. The third-order valence-corrected chi connectivity index (χ3v) is 4.44. The summed E-state index contributed by atoms with van der Waals surface area (Å²) in [4.78, 5) is 52.0. The summed E-state index contributed by atoms with van der Waals surface area (Å²) in [6.45, 7) is 1.23. The van der Waals surface area contributed by atoms with E-state index in [2.05, 4.69) is 20.9 Å². The van der Waals surface area contributed by atoms with Gasteiger partial charge in [0.1, 0.15) is 12.6 Å². The molecule has 1 fully saturated rings. The highest BCUT2D eigenvalue weighted by Crippen LogP contribution is 2.10. The lowest BCUT2D eigenvalue weighted by atomic mass is 10.0. The number of pyridine rings is 1. The molecule has 2 aromatic rings. The predicted molar refractivity (Wildman–Crippen MR) is 107 cm³/mol. The highest BCUT2D eigenvalue weighted by molar-refractivity contribution is 5.95. The quantitative estimate of drug-likeness (QED) is 0.411. The van der Waals surface area contributed by atoms with Crippen LogP contribution in [0.4, 0.5) is 4.79 Å². The molecule has 3 rings (SSSR count). The third-order valence-electron chi connectivity index (χ3n) is 4.44. The molecular formula is C21H22N4O6. The van der Waals surface area contributed by atoms with E-state index in [0.717, 1.165) is 5.56 Å². The summed E-state index contributed by atoms with van der Waals surface area (Å²) in [5.74, 6) is -1.72. The van der Waals surface area contributed by atoms with Gasteiger partial charge in [-0.15, -0.1) is 0 Å². The number of hydrogen-bond acceptors (Lipinski definition) is 7. The molecule has 2 heterocycles. The van der Waals surface area contributed by atoms with Crippen molar-refractivity contribution in [3.63, 3.8) is 0 Å². The molecule has 31 heavy (non-hydrogen) atoms. The molecule has 10 heteroatoms. The Hall–Kier alpha value is -3.95. The van der Waals surface area contributed by atoms with Crippen molar-refractivity contribution in [3.05, 3.63) is 66.0 Å². The summed E-state index contributed by atoms with van der Waals surface area (Å²) in [6.07, 6.45) is 1.52. The molecule has 3 N–H and O–H groups in total. The number of β-lactam (4-membered cyclic amide) rings is 1. The highest BCUT2D eigenvalue weighted by atomic mass is 16.6. The van der Waals surface area contributed by atoms with Crippen LogP contribution in [0.2, 0.25) is 0 Å². The van der Waals surface area contributed by atoms with Crippen molar-refractivity contribution in [2.24, 2.45) is 0 Å². The Morgan fingerprint density at radius 1 is 1.13 bits per heavy atom. The first-order chi connectivity index (χ1) is 14.9. The molecule has 0 spiro atoms. The van der Waals surface area contributed by atoms with Crippen LogP contribution in [0, 0.1) is 0 Å². The van der Waals surface area contributed by atoms with Crippen molar-refractivity contribution in [1.82, 2.24) is 20.9 Å². The van der Waals surface area contributed by atoms with Gasteiger partial charge in [-0.25, -0.2) is 4.79 Å². The van der Waals surface area contributed by atoms with Gasteiger partial charge in [0.25, 0.3) is 5.91 Å². The van der Waals surface area contributed by atoms with Gasteiger partial charge in [-0.2, -0.15) is 0 Å². The van der Waals surface area contributed by atoms with Crippen LogP contribution in [-0.4, -0.2) is 47.2 Å². The first-order valence-electron chi connectivity index (χ1n) is 9.56. The number of esters is 1. The Kier molecular flexibility index (Phi) is 7.15. The topological polar surface area (TPSA) is 136 Å². The summed E-state index contributed by atoms with van der Waals surface area (Å²) in [7, 11) is 0. The van der Waals surface area contributed by atoms with Crippen LogP contribution in [0.15, 0.2) is 54.9 Å². The van der Waals surface area contributed by atoms with Gasteiger partial charge in [-0.05, 0) is 17.2 Å². The van der Waals surface area contributed by atoms with E-state index in [1.54, 1.807) is 36.7 Å². The minimum Gasteiger partial charge on any atom is -0.445 e. The molecule has 1 aliphatic heterocycles. The molecule has 1 aliphatic rings. The average molecular weight is 426 g/mol. The number of amides is 3. The van der Waals surface area contributed by atoms with Crippen molar-refractivity contribution in [1.29, 1.82) is 0 Å². The smallest absolute Gasteiger partial charge is 0.408 e. The van der Waals surface area contributed by atoms with Crippen molar-refractivity contribution in [2.45, 2.75) is 38.3 Å². The van der Waals surface area contributed by atoms with Gasteiger partial charge in [-0.1, -0.05) is 36.4 Å². The molecule has 0 unspecified atom stereocenters. The van der Waals surface area contributed by atoms with Gasteiger partial charge < -0.3 is 25.4 Å². The third kappa shape index (κ3) is 6.26. The number of rotatable bonds is 8. The molecule has 1 aromatic carbocycles. The maximum Gasteiger partial charge on any atom is 0.408 e. The Morgan fingerprint density at radius 3 is 2.52 bits per heavy atom. The van der Waals surface area contributed by atoms with Gasteiger partial charge in [0.2, 0.25) is 12.1 Å². The lowest BCUT2D eigenvalue weighted by Gasteiger charge is -2.36. The molecule has 162 valence electrons. The largest absolute Gasteiger partial charge is 0.445 e. The number of nitrogens with zero attached hydrogens (tertiary/aromatic N) is 1. The van der Waals surface area contributed by atoms with E-state index >= 15 is 0 Å². The van der Waals surface area contributed by atoms with Crippen LogP contribution in [0.1, 0.15) is 18.1 Å². The molecule has 3 atom stereocenters. The number of benzene rings is 1. The second-order valence-electron chi connectivity index (χ2n) is 6.85. The van der Waals surface area contributed by atoms with Gasteiger partial charge >= 0.3 is 12.1 Å². The van der Waals surface area contributed by atoms with E-state index in [9.17, 15) is 19.2 Å². The number of nitrogens with one attached hydrogen (secondary N) is 3. The molecule has 10 nitrogen and oxygen atoms in total. The fourth-order valence-electron chi connectivity index (χ4n) is 2.90. The van der Waals surface area contributed by atoms with Crippen LogP contribution in [-0.2, 0) is 36.9 Å². The van der Waals surface area contributed by atoms with E-state index in [4.69, 9.17) is 9.47 Å². The first-order valence-corrected chi connectivity index (χ1v) is 9.56. The Morgan fingerprint density at radius 2 is 1.87 bits per heavy atom. The van der Waals surface area contributed by atoms with Gasteiger partial charge in [0.15, 0.2) is 6.04 Å². The summed E-state index contributed by atoms with van der Waals surface area (Å²) in [6, 6.07) is 10.5. The maximum atomic E-state index is 12.8. The van der Waals surface area contributed by atoms with Gasteiger partial charge in [0.05, 0.1) is 0 Å². The van der Waals surface area contributed by atoms with Gasteiger partial charge in [0, 0.05) is 25.7 Å². The monoisotopic (exact) mass is 426 g/mol. The fourth-order valence-corrected chi connectivity index (χ4v) is 2.90. The lowest BCUT2D eigenvalue weighted by Crippen LogP contribution is -2.71. The molecular weight excluding hydrogens is 404 g/mol. The molecule has 1 saturated heterocycles. The van der Waals surface area contributed by atoms with E-state index < -0.39 is 42.2 Å². The second-order valence-corrected chi connectivity index (χ2v) is 6.85. The van der Waals surface area contributed by atoms with Crippen LogP contribution in [0.3, 0.4) is 0 Å². The number of ether oxygens (including phenoxy) is 2. The van der Waals surface area contributed by atoms with E-state index in [1.165, 1.54) is 6.92 Å². The average Bonchev–Trinajstić information content (AvgIpc) is 2.76. The SMILES string of the molecule is CC(=O)O[C@@H]1NC(=O)[C@H]1NC(=O)[C@H](Cc1cccnc1)NC(=O)OCc1ccccc1. The second kappa shape index (κ2) is 10.2. The summed E-state index contributed by atoms with van der Waals surface area (Å²) in [5.41, 5.74) is 1.49. The summed E-state index contributed by atoms with van der Waals surface area (Å²) < 4.78 is 10.1. The minimum atomic E-state index is -1.05. The van der Waals surface area contributed by atoms with Crippen molar-refractivity contribution in [2.75, 3.05) is 0 Å². The zero-order valence-electron chi connectivity index (χ0n) is 16.7. The number of hydrogen-bond donors (Lipinski definition) is 3. The number of alkyl carbamates (subject to hydrolysis) is 1. The molecule has 0 radical (unpaired) electrons. The normalized spacial score (nSPS) is 18.0. The molecule has 3 amide bonds. The van der Waals surface area contributed by atoms with Gasteiger partial charge in [-0.3, -0.25) is 19.4 Å². The standard InChI is InChI=1S/C21H22N4O6/c1-13(26)31-20-17(19(28)25-20)24-18(27)16(10-15-8-5-9-22-11-15)23-21(29)30-12-14-6-3-2-4-7-14/h2-9,11,16-17,20H,10,12H2,1H3,(H,23,29)(H,24,27)(H,25,28)/t16-,17+,20-/m0/s1. The van der Waals surface area contributed by atoms with Crippen LogP contribution >= 0.6 is 0 Å². The summed E-state index contributed by atoms with van der Waals surface area (Å²) in [5, 5.41) is 7.40. The van der Waals surface area contributed by atoms with E-state index in [1.807, 2.05) is 18.2 Å². The van der Waals surface area contributed by atoms with E-state index in [0.29, 0.717) is 5.56 Å². The van der Waals surface area contributed by atoms with Crippen LogP contribution in [0.5, 0.6) is 0 Å². The molecule has 0 saturated carbocycles. The zero-order chi connectivity index (χ0) is 22.2. The molecule has 0 bridgehead atoms. The minimum absolute atomic E-state index is 0.0352. The van der Waals surface area contributed by atoms with Crippen LogP contribution in [0.25, 0.3) is 0 Å². The Balaban J connectivity index is 1.64. The molecule has 0 aliphatic carbocycles. The number of carbonyl (C=O) groups is 4. The zero-order valence-corrected chi connectivity index (χ0v) is 16.7. The predicted octanol–water partition coefficient (Wildman–Crippen LogP) is 0.423. The number of carbonyl (C=O) groups excluding carboxylic acids is 4. The fraction of sp³-hybridized carbons (Fsp3) is 0.286. The van der Waals surface area contributed by atoms with E-state index in [-0.39, 0.29) is 13.0 Å². The first kappa shape index (κ1) is 21.8. The van der Waals surface area contributed by atoms with Crippen molar-refractivity contribution >= 4 is 23.9 Å². The highest BCUT2D eigenvalue weighted by Gasteiger charge is 2.44. The number of aromatic nitrogens is 1.